The van der Waals surface area contributed by atoms with E-state index >= 15 is 0 Å². The first-order valence-corrected chi connectivity index (χ1v) is 8.35. The first kappa shape index (κ1) is 15.3. The van der Waals surface area contributed by atoms with Crippen molar-refractivity contribution >= 4 is 0 Å². The van der Waals surface area contributed by atoms with Gasteiger partial charge in [-0.2, -0.15) is 0 Å². The third kappa shape index (κ3) is 3.95. The van der Waals surface area contributed by atoms with E-state index in [-0.39, 0.29) is 0 Å². The van der Waals surface area contributed by atoms with Crippen LogP contribution in [0.5, 0.6) is 0 Å². The van der Waals surface area contributed by atoms with Crippen molar-refractivity contribution in [2.75, 3.05) is 26.7 Å². The van der Waals surface area contributed by atoms with Crippen LogP contribution < -0.4 is 5.32 Å². The second-order valence-electron chi connectivity index (χ2n) is 8.07. The van der Waals surface area contributed by atoms with Gasteiger partial charge in [0.2, 0.25) is 0 Å². The molecule has 1 saturated heterocycles. The molecule has 0 aromatic rings. The highest BCUT2D eigenvalue weighted by molar-refractivity contribution is 4.90. The Labute approximate surface area is 120 Å². The van der Waals surface area contributed by atoms with Crippen LogP contribution in [0.3, 0.4) is 0 Å². The summed E-state index contributed by atoms with van der Waals surface area (Å²) in [7, 11) is 2.11. The molecule has 2 heteroatoms. The van der Waals surface area contributed by atoms with Gasteiger partial charge in [-0.25, -0.2) is 0 Å². The Bertz CT molecular complexity index is 263. The van der Waals surface area contributed by atoms with Crippen LogP contribution in [0, 0.1) is 10.8 Å². The number of rotatable bonds is 3. The van der Waals surface area contributed by atoms with Gasteiger partial charge in [-0.05, 0) is 56.7 Å². The highest BCUT2D eigenvalue weighted by atomic mass is 15.2. The average molecular weight is 266 g/mol. The molecule has 19 heavy (non-hydrogen) atoms. The maximum Gasteiger partial charge on any atom is 0.0240 e. The van der Waals surface area contributed by atoms with Crippen molar-refractivity contribution in [3.05, 3.63) is 0 Å². The molecule has 0 radical (unpaired) electrons. The van der Waals surface area contributed by atoms with Crippen molar-refractivity contribution in [2.24, 2.45) is 10.8 Å². The summed E-state index contributed by atoms with van der Waals surface area (Å²) in [5, 5.41) is 3.52. The van der Waals surface area contributed by atoms with Gasteiger partial charge in [0.15, 0.2) is 0 Å². The molecule has 1 atom stereocenters. The van der Waals surface area contributed by atoms with Gasteiger partial charge in [-0.3, -0.25) is 0 Å². The Morgan fingerprint density at radius 2 is 1.58 bits per heavy atom. The summed E-state index contributed by atoms with van der Waals surface area (Å²) >= 11 is 0. The maximum atomic E-state index is 3.52. The molecular weight excluding hydrogens is 232 g/mol. The number of likely N-dealkylation sites (tertiary alicyclic amines) is 1. The summed E-state index contributed by atoms with van der Waals surface area (Å²) in [5.74, 6) is 0. The summed E-state index contributed by atoms with van der Waals surface area (Å²) in [5.41, 5.74) is 1.10. The zero-order valence-electron chi connectivity index (χ0n) is 13.6. The summed E-state index contributed by atoms with van der Waals surface area (Å²) in [6.45, 7) is 10.9. The van der Waals surface area contributed by atoms with E-state index in [0.717, 1.165) is 5.41 Å². The van der Waals surface area contributed by atoms with Crippen molar-refractivity contribution in [3.63, 3.8) is 0 Å². The van der Waals surface area contributed by atoms with Gasteiger partial charge < -0.3 is 10.2 Å². The summed E-state index contributed by atoms with van der Waals surface area (Å²) in [6.07, 6.45) is 10.4. The standard InChI is InChI=1S/C17H34N2/c1-16(2,3)15(18-4)14-19-12-10-17(11-13-19)8-6-5-7-9-17/h15,18H,5-14H2,1-4H3. The van der Waals surface area contributed by atoms with Crippen LogP contribution in [-0.4, -0.2) is 37.6 Å². The number of likely N-dealkylation sites (N-methyl/N-ethyl adjacent to an activating group) is 1. The van der Waals surface area contributed by atoms with Crippen molar-refractivity contribution < 1.29 is 0 Å². The van der Waals surface area contributed by atoms with Gasteiger partial charge in [-0.15, -0.1) is 0 Å². The summed E-state index contributed by atoms with van der Waals surface area (Å²) < 4.78 is 0. The SMILES string of the molecule is CNC(CN1CCC2(CCCCC2)CC1)C(C)(C)C. The predicted molar refractivity (Wildman–Crippen MR) is 83.5 cm³/mol. The highest BCUT2D eigenvalue weighted by Gasteiger charge is 2.36. The van der Waals surface area contributed by atoms with Gasteiger partial charge in [0, 0.05) is 12.6 Å². The van der Waals surface area contributed by atoms with E-state index in [1.165, 1.54) is 64.6 Å². The van der Waals surface area contributed by atoms with Crippen LogP contribution in [0.25, 0.3) is 0 Å². The minimum Gasteiger partial charge on any atom is -0.315 e. The molecule has 1 heterocycles. The van der Waals surface area contributed by atoms with Crippen LogP contribution in [-0.2, 0) is 0 Å². The smallest absolute Gasteiger partial charge is 0.0240 e. The minimum atomic E-state index is 0.356. The maximum absolute atomic E-state index is 3.52. The molecule has 112 valence electrons. The third-order valence-electron chi connectivity index (χ3n) is 5.67. The molecule has 0 bridgehead atoms. The fraction of sp³-hybridized carbons (Fsp3) is 1.00. The van der Waals surface area contributed by atoms with Crippen molar-refractivity contribution in [3.8, 4) is 0 Å². The van der Waals surface area contributed by atoms with E-state index in [1.807, 2.05) is 0 Å². The second kappa shape index (κ2) is 6.13. The zero-order chi connectivity index (χ0) is 13.9. The highest BCUT2D eigenvalue weighted by Crippen LogP contribution is 2.44. The molecule has 1 unspecified atom stereocenters. The molecule has 1 saturated carbocycles. The van der Waals surface area contributed by atoms with Crippen LogP contribution >= 0.6 is 0 Å². The lowest BCUT2D eigenvalue weighted by molar-refractivity contribution is 0.0546. The summed E-state index contributed by atoms with van der Waals surface area (Å²) in [4.78, 5) is 2.70. The first-order valence-electron chi connectivity index (χ1n) is 8.35. The fourth-order valence-corrected chi connectivity index (χ4v) is 4.07. The molecular formula is C17H34N2. The van der Waals surface area contributed by atoms with Crippen molar-refractivity contribution in [1.29, 1.82) is 0 Å². The number of piperidine rings is 1. The zero-order valence-corrected chi connectivity index (χ0v) is 13.6. The molecule has 0 amide bonds. The molecule has 1 N–H and O–H groups in total. The topological polar surface area (TPSA) is 15.3 Å². The lowest BCUT2D eigenvalue weighted by atomic mass is 9.68. The molecule has 1 spiro atoms. The summed E-state index contributed by atoms with van der Waals surface area (Å²) in [6, 6.07) is 0.605. The second-order valence-corrected chi connectivity index (χ2v) is 8.07. The molecule has 0 aromatic carbocycles. The monoisotopic (exact) mass is 266 g/mol. The molecule has 2 nitrogen and oxygen atoms in total. The Balaban J connectivity index is 1.82. The number of nitrogens with zero attached hydrogens (tertiary/aromatic N) is 1. The van der Waals surface area contributed by atoms with Gasteiger partial charge in [0.05, 0.1) is 0 Å². The Morgan fingerprint density at radius 1 is 1.00 bits per heavy atom. The lowest BCUT2D eigenvalue weighted by Crippen LogP contribution is -2.50. The van der Waals surface area contributed by atoms with Crippen LogP contribution in [0.4, 0.5) is 0 Å². The molecule has 2 fully saturated rings. The van der Waals surface area contributed by atoms with Crippen LogP contribution in [0.1, 0.15) is 65.7 Å². The van der Waals surface area contributed by atoms with Crippen LogP contribution in [0.2, 0.25) is 0 Å². The molecule has 1 aliphatic carbocycles. The quantitative estimate of drug-likeness (QED) is 0.838. The number of nitrogens with one attached hydrogen (secondary N) is 1. The van der Waals surface area contributed by atoms with Gasteiger partial charge in [0.1, 0.15) is 0 Å². The van der Waals surface area contributed by atoms with E-state index < -0.39 is 0 Å². The van der Waals surface area contributed by atoms with Crippen LogP contribution in [0.15, 0.2) is 0 Å². The molecule has 2 aliphatic rings. The van der Waals surface area contributed by atoms with E-state index in [2.05, 4.69) is 38.0 Å². The molecule has 2 rings (SSSR count). The average Bonchev–Trinajstić information content (AvgIpc) is 2.38. The minimum absolute atomic E-state index is 0.356. The predicted octanol–water partition coefficient (Wildman–Crippen LogP) is 3.67. The Kier molecular flexibility index (Phi) is 4.94. The lowest BCUT2D eigenvalue weighted by Gasteiger charge is -2.46. The van der Waals surface area contributed by atoms with Gasteiger partial charge in [0.25, 0.3) is 0 Å². The first-order chi connectivity index (χ1) is 8.95. The molecule has 0 aromatic heterocycles. The van der Waals surface area contributed by atoms with E-state index in [1.54, 1.807) is 0 Å². The number of hydrogen-bond donors (Lipinski definition) is 1. The largest absolute Gasteiger partial charge is 0.315 e. The van der Waals surface area contributed by atoms with Crippen molar-refractivity contribution in [2.45, 2.75) is 71.8 Å². The van der Waals surface area contributed by atoms with E-state index in [9.17, 15) is 0 Å². The van der Waals surface area contributed by atoms with Crippen molar-refractivity contribution in [1.82, 2.24) is 10.2 Å². The normalized spacial score (nSPS) is 26.5. The van der Waals surface area contributed by atoms with E-state index in [4.69, 9.17) is 0 Å². The Morgan fingerprint density at radius 3 is 2.05 bits per heavy atom. The van der Waals surface area contributed by atoms with E-state index in [0.29, 0.717) is 11.5 Å². The Hall–Kier alpha value is -0.0800. The fourth-order valence-electron chi connectivity index (χ4n) is 4.07. The third-order valence-corrected chi connectivity index (χ3v) is 5.67. The molecule has 1 aliphatic heterocycles. The van der Waals surface area contributed by atoms with Gasteiger partial charge >= 0.3 is 0 Å². The van der Waals surface area contributed by atoms with Gasteiger partial charge in [-0.1, -0.05) is 40.0 Å². The number of hydrogen-bond acceptors (Lipinski definition) is 2.